The molecule has 0 aromatic carbocycles. The second kappa shape index (κ2) is 5.79. The van der Waals surface area contributed by atoms with Crippen molar-refractivity contribution in [2.75, 3.05) is 32.7 Å². The van der Waals surface area contributed by atoms with Crippen molar-refractivity contribution in [3.8, 4) is 0 Å². The van der Waals surface area contributed by atoms with Crippen molar-refractivity contribution in [1.29, 1.82) is 0 Å². The minimum Gasteiger partial charge on any atom is -0.389 e. The Labute approximate surface area is 124 Å². The first-order valence-corrected chi connectivity index (χ1v) is 7.76. The number of aliphatic hydroxyl groups is 1. The molecule has 1 amide bonds. The van der Waals surface area contributed by atoms with Gasteiger partial charge in [0.15, 0.2) is 0 Å². The molecule has 0 unspecified atom stereocenters. The Morgan fingerprint density at radius 2 is 1.90 bits per heavy atom. The summed E-state index contributed by atoms with van der Waals surface area (Å²) in [7, 11) is 0. The highest BCUT2D eigenvalue weighted by Gasteiger charge is 2.27. The Bertz CT molecular complexity index is 485. The predicted molar refractivity (Wildman–Crippen MR) is 80.2 cm³/mol. The van der Waals surface area contributed by atoms with E-state index in [0.29, 0.717) is 19.6 Å². The van der Waals surface area contributed by atoms with Crippen LogP contribution in [0.1, 0.15) is 34.2 Å². The lowest BCUT2D eigenvalue weighted by Crippen LogP contribution is -2.51. The zero-order chi connectivity index (χ0) is 14.9. The first-order chi connectivity index (χ1) is 9.26. The highest BCUT2D eigenvalue weighted by Crippen LogP contribution is 2.20. The fourth-order valence-electron chi connectivity index (χ4n) is 2.53. The number of carbonyl (C=O) groups is 1. The summed E-state index contributed by atoms with van der Waals surface area (Å²) in [5, 5.41) is 10.8. The molecule has 1 aliphatic rings. The molecule has 1 aromatic heterocycles. The van der Waals surface area contributed by atoms with Gasteiger partial charge >= 0.3 is 0 Å². The molecule has 0 bridgehead atoms. The van der Waals surface area contributed by atoms with Crippen molar-refractivity contribution in [3.05, 3.63) is 15.6 Å². The third-order valence-electron chi connectivity index (χ3n) is 3.37. The lowest BCUT2D eigenvalue weighted by atomic mass is 10.1. The monoisotopic (exact) mass is 297 g/mol. The van der Waals surface area contributed by atoms with E-state index in [2.05, 4.69) is 9.88 Å². The molecule has 112 valence electrons. The van der Waals surface area contributed by atoms with E-state index < -0.39 is 5.60 Å². The number of hydrogen-bond acceptors (Lipinski definition) is 5. The van der Waals surface area contributed by atoms with Crippen molar-refractivity contribution in [2.45, 2.75) is 33.3 Å². The fraction of sp³-hybridized carbons (Fsp3) is 0.714. The molecule has 0 aliphatic carbocycles. The highest BCUT2D eigenvalue weighted by molar-refractivity contribution is 7.13. The smallest absolute Gasteiger partial charge is 0.265 e. The summed E-state index contributed by atoms with van der Waals surface area (Å²) in [4.78, 5) is 21.6. The molecule has 1 aliphatic heterocycles. The number of thiazole rings is 1. The van der Waals surface area contributed by atoms with E-state index in [1.165, 1.54) is 11.3 Å². The second-order valence-corrected chi connectivity index (χ2v) is 7.23. The molecule has 1 aromatic rings. The number of nitrogens with zero attached hydrogens (tertiary/aromatic N) is 3. The summed E-state index contributed by atoms with van der Waals surface area (Å²) in [6.45, 7) is 11.1. The van der Waals surface area contributed by atoms with Gasteiger partial charge in [-0.15, -0.1) is 11.3 Å². The largest absolute Gasteiger partial charge is 0.389 e. The van der Waals surface area contributed by atoms with Crippen molar-refractivity contribution in [3.63, 3.8) is 0 Å². The van der Waals surface area contributed by atoms with Crippen LogP contribution in [0.25, 0.3) is 0 Å². The lowest BCUT2D eigenvalue weighted by Gasteiger charge is -2.37. The number of amides is 1. The molecule has 2 rings (SSSR count). The zero-order valence-corrected chi connectivity index (χ0v) is 13.5. The number of aromatic nitrogens is 1. The Morgan fingerprint density at radius 3 is 2.35 bits per heavy atom. The number of piperazine rings is 1. The van der Waals surface area contributed by atoms with Gasteiger partial charge in [-0.1, -0.05) is 0 Å². The van der Waals surface area contributed by atoms with Crippen LogP contribution in [-0.4, -0.2) is 64.1 Å². The summed E-state index contributed by atoms with van der Waals surface area (Å²) in [5.41, 5.74) is 0.147. The number of hydrogen-bond donors (Lipinski definition) is 1. The Morgan fingerprint density at radius 1 is 1.30 bits per heavy atom. The van der Waals surface area contributed by atoms with Gasteiger partial charge in [-0.25, -0.2) is 4.98 Å². The van der Waals surface area contributed by atoms with E-state index >= 15 is 0 Å². The van der Waals surface area contributed by atoms with Crippen LogP contribution in [0.2, 0.25) is 0 Å². The van der Waals surface area contributed by atoms with Crippen LogP contribution in [0.15, 0.2) is 0 Å². The van der Waals surface area contributed by atoms with Gasteiger partial charge in [0.2, 0.25) is 0 Å². The predicted octanol–water partition coefficient (Wildman–Crippen LogP) is 1.29. The van der Waals surface area contributed by atoms with Crippen LogP contribution in [0.4, 0.5) is 0 Å². The molecular formula is C14H23N3O2S. The molecule has 0 spiro atoms. The van der Waals surface area contributed by atoms with Crippen LogP contribution >= 0.6 is 11.3 Å². The summed E-state index contributed by atoms with van der Waals surface area (Å²) in [5.74, 6) is 0.0935. The second-order valence-electron chi connectivity index (χ2n) is 6.03. The fourth-order valence-corrected chi connectivity index (χ4v) is 3.42. The molecule has 1 saturated heterocycles. The first kappa shape index (κ1) is 15.4. The summed E-state index contributed by atoms with van der Waals surface area (Å²) in [6.07, 6.45) is 0. The van der Waals surface area contributed by atoms with Crippen molar-refractivity contribution in [1.82, 2.24) is 14.8 Å². The summed E-state index contributed by atoms with van der Waals surface area (Å²) >= 11 is 1.47. The minimum absolute atomic E-state index is 0.0935. The van der Waals surface area contributed by atoms with E-state index in [4.69, 9.17) is 0 Å². The van der Waals surface area contributed by atoms with Gasteiger partial charge in [-0.2, -0.15) is 0 Å². The molecule has 2 heterocycles. The van der Waals surface area contributed by atoms with Crippen LogP contribution in [-0.2, 0) is 0 Å². The van der Waals surface area contributed by atoms with Gasteiger partial charge in [0.05, 0.1) is 16.3 Å². The van der Waals surface area contributed by atoms with Crippen LogP contribution < -0.4 is 0 Å². The van der Waals surface area contributed by atoms with Crippen LogP contribution in [0.3, 0.4) is 0 Å². The van der Waals surface area contributed by atoms with Crippen molar-refractivity contribution >= 4 is 17.2 Å². The SMILES string of the molecule is Cc1nc(C)c(C(=O)N2CCN(CC(C)(C)O)CC2)s1. The molecule has 6 heteroatoms. The normalized spacial score (nSPS) is 17.6. The van der Waals surface area contributed by atoms with Gasteiger partial charge in [0.1, 0.15) is 4.88 Å². The maximum Gasteiger partial charge on any atom is 0.265 e. The Kier molecular flexibility index (Phi) is 4.46. The van der Waals surface area contributed by atoms with E-state index in [0.717, 1.165) is 28.7 Å². The number of β-amino-alcohol motifs (C(OH)–C–C–N with tert-alkyl or cyclic N) is 1. The quantitative estimate of drug-likeness (QED) is 0.913. The average Bonchev–Trinajstić information content (AvgIpc) is 2.66. The standard InChI is InChI=1S/C14H23N3O2S/c1-10-12(20-11(2)15-10)13(18)17-7-5-16(6-8-17)9-14(3,4)19/h19H,5-9H2,1-4H3. The lowest BCUT2D eigenvalue weighted by molar-refractivity contribution is 0.0179. The van der Waals surface area contributed by atoms with Crippen LogP contribution in [0, 0.1) is 13.8 Å². The third-order valence-corrected chi connectivity index (χ3v) is 4.43. The minimum atomic E-state index is -0.683. The Balaban J connectivity index is 1.94. The topological polar surface area (TPSA) is 56.7 Å². The number of aryl methyl sites for hydroxylation is 2. The molecule has 0 saturated carbocycles. The van der Waals surface area contributed by atoms with Gasteiger partial charge in [-0.3, -0.25) is 9.69 Å². The first-order valence-electron chi connectivity index (χ1n) is 6.94. The van der Waals surface area contributed by atoms with E-state index in [-0.39, 0.29) is 5.91 Å². The molecule has 0 radical (unpaired) electrons. The van der Waals surface area contributed by atoms with Gasteiger partial charge in [-0.05, 0) is 27.7 Å². The van der Waals surface area contributed by atoms with Crippen molar-refractivity contribution < 1.29 is 9.90 Å². The summed E-state index contributed by atoms with van der Waals surface area (Å²) in [6, 6.07) is 0. The van der Waals surface area contributed by atoms with Crippen molar-refractivity contribution in [2.24, 2.45) is 0 Å². The molecule has 1 N–H and O–H groups in total. The highest BCUT2D eigenvalue weighted by atomic mass is 32.1. The molecule has 0 atom stereocenters. The average molecular weight is 297 g/mol. The molecular weight excluding hydrogens is 274 g/mol. The Hall–Kier alpha value is -0.980. The maximum atomic E-state index is 12.5. The third kappa shape index (κ3) is 3.77. The number of rotatable bonds is 3. The van der Waals surface area contributed by atoms with E-state index in [1.807, 2.05) is 32.6 Å². The molecule has 5 nitrogen and oxygen atoms in total. The van der Waals surface area contributed by atoms with Gasteiger partial charge < -0.3 is 10.0 Å². The number of carbonyl (C=O) groups excluding carboxylic acids is 1. The maximum absolute atomic E-state index is 12.5. The van der Waals surface area contributed by atoms with E-state index in [9.17, 15) is 9.90 Å². The molecule has 20 heavy (non-hydrogen) atoms. The molecule has 1 fully saturated rings. The van der Waals surface area contributed by atoms with Gasteiger partial charge in [0, 0.05) is 32.7 Å². The zero-order valence-electron chi connectivity index (χ0n) is 12.6. The van der Waals surface area contributed by atoms with Crippen LogP contribution in [0.5, 0.6) is 0 Å². The van der Waals surface area contributed by atoms with Gasteiger partial charge in [0.25, 0.3) is 5.91 Å². The summed E-state index contributed by atoms with van der Waals surface area (Å²) < 4.78 is 0. The van der Waals surface area contributed by atoms with E-state index in [1.54, 1.807) is 0 Å².